The minimum atomic E-state index is -0.877. The predicted molar refractivity (Wildman–Crippen MR) is 133 cm³/mol. The third-order valence-electron chi connectivity index (χ3n) is 5.71. The highest BCUT2D eigenvalue weighted by Crippen LogP contribution is 2.43. The molecule has 3 aromatic carbocycles. The normalized spacial score (nSPS) is 16.9. The lowest BCUT2D eigenvalue weighted by molar-refractivity contribution is -0.132. The molecule has 1 amide bonds. The number of carbonyl (C=O) groups excluding carboxylic acids is 2. The Morgan fingerprint density at radius 3 is 2.20 bits per heavy atom. The van der Waals surface area contributed by atoms with Gasteiger partial charge >= 0.3 is 0 Å². The fourth-order valence-corrected chi connectivity index (χ4v) is 4.19. The van der Waals surface area contributed by atoms with Crippen molar-refractivity contribution < 1.29 is 28.9 Å². The van der Waals surface area contributed by atoms with Crippen LogP contribution in [0.1, 0.15) is 24.1 Å². The fourth-order valence-electron chi connectivity index (χ4n) is 4.07. The zero-order chi connectivity index (χ0) is 25.1. The largest absolute Gasteiger partial charge is 0.507 e. The number of hydrogen-bond donors (Lipinski definition) is 1. The number of aliphatic hydroxyl groups excluding tert-OH is 1. The molecule has 1 heterocycles. The Morgan fingerprint density at radius 2 is 1.60 bits per heavy atom. The second kappa shape index (κ2) is 10.1. The van der Waals surface area contributed by atoms with Crippen LogP contribution in [0, 0.1) is 0 Å². The van der Waals surface area contributed by atoms with Crippen molar-refractivity contribution in [1.29, 1.82) is 0 Å². The molecule has 180 valence electrons. The van der Waals surface area contributed by atoms with E-state index in [1.54, 1.807) is 66.7 Å². The molecule has 8 heteroatoms. The maximum atomic E-state index is 13.3. The van der Waals surface area contributed by atoms with Crippen LogP contribution in [-0.4, -0.2) is 37.6 Å². The van der Waals surface area contributed by atoms with E-state index in [0.717, 1.165) is 0 Å². The van der Waals surface area contributed by atoms with Crippen LogP contribution in [0.4, 0.5) is 5.69 Å². The first kappa shape index (κ1) is 24.2. The van der Waals surface area contributed by atoms with Gasteiger partial charge in [0.05, 0.1) is 32.4 Å². The van der Waals surface area contributed by atoms with Crippen molar-refractivity contribution in [3.8, 4) is 17.2 Å². The van der Waals surface area contributed by atoms with E-state index in [9.17, 15) is 14.7 Å². The zero-order valence-electron chi connectivity index (χ0n) is 19.4. The number of nitrogens with zero attached hydrogens (tertiary/aromatic N) is 1. The number of benzene rings is 3. The maximum absolute atomic E-state index is 13.3. The SMILES string of the molecule is CCOc1ccc(N2C(=O)C(=O)/C(=C(\O)c3ccc(OC)c(OC)c3)C2c2ccc(Cl)cc2)cc1. The third-order valence-corrected chi connectivity index (χ3v) is 5.97. The molecule has 1 aliphatic heterocycles. The lowest BCUT2D eigenvalue weighted by Gasteiger charge is -2.25. The van der Waals surface area contributed by atoms with Gasteiger partial charge in [0.1, 0.15) is 11.5 Å². The first-order valence-electron chi connectivity index (χ1n) is 10.9. The van der Waals surface area contributed by atoms with Gasteiger partial charge in [0.2, 0.25) is 0 Å². The summed E-state index contributed by atoms with van der Waals surface area (Å²) < 4.78 is 16.1. The molecule has 0 bridgehead atoms. The quantitative estimate of drug-likeness (QED) is 0.270. The molecule has 1 atom stereocenters. The van der Waals surface area contributed by atoms with Gasteiger partial charge in [0, 0.05) is 16.3 Å². The Bertz CT molecular complexity index is 1280. The predicted octanol–water partition coefficient (Wildman–Crippen LogP) is 5.38. The van der Waals surface area contributed by atoms with Crippen molar-refractivity contribution in [2.24, 2.45) is 0 Å². The molecular formula is C27H24ClNO6. The van der Waals surface area contributed by atoms with E-state index in [4.69, 9.17) is 25.8 Å². The summed E-state index contributed by atoms with van der Waals surface area (Å²) in [7, 11) is 2.97. The van der Waals surface area contributed by atoms with Crippen molar-refractivity contribution in [3.63, 3.8) is 0 Å². The number of halogens is 1. The highest BCUT2D eigenvalue weighted by atomic mass is 35.5. The first-order chi connectivity index (χ1) is 16.9. The molecule has 1 aliphatic rings. The summed E-state index contributed by atoms with van der Waals surface area (Å²) in [5.74, 6) is -0.394. The minimum absolute atomic E-state index is 0.0431. The van der Waals surface area contributed by atoms with Crippen LogP contribution in [-0.2, 0) is 9.59 Å². The second-order valence-electron chi connectivity index (χ2n) is 7.72. The van der Waals surface area contributed by atoms with Crippen LogP contribution in [0.15, 0.2) is 72.3 Å². The summed E-state index contributed by atoms with van der Waals surface area (Å²) in [4.78, 5) is 27.9. The molecule has 7 nitrogen and oxygen atoms in total. The van der Waals surface area contributed by atoms with E-state index in [0.29, 0.717) is 45.7 Å². The molecule has 3 aromatic rings. The van der Waals surface area contributed by atoms with E-state index in [1.807, 2.05) is 6.92 Å². The average Bonchev–Trinajstić information content (AvgIpc) is 3.14. The van der Waals surface area contributed by atoms with E-state index in [-0.39, 0.29) is 11.3 Å². The van der Waals surface area contributed by atoms with Crippen LogP contribution in [0.2, 0.25) is 5.02 Å². The Hall–Kier alpha value is -3.97. The summed E-state index contributed by atoms with van der Waals surface area (Å²) >= 11 is 6.08. The van der Waals surface area contributed by atoms with E-state index in [1.165, 1.54) is 19.1 Å². The summed E-state index contributed by atoms with van der Waals surface area (Å²) in [6.45, 7) is 2.38. The van der Waals surface area contributed by atoms with E-state index in [2.05, 4.69) is 0 Å². The third kappa shape index (κ3) is 4.55. The highest BCUT2D eigenvalue weighted by Gasteiger charge is 2.47. The number of Topliss-reactive ketones (excluding diaryl/α,β-unsaturated/α-hetero) is 1. The number of carbonyl (C=O) groups is 2. The lowest BCUT2D eigenvalue weighted by Crippen LogP contribution is -2.29. The molecule has 1 unspecified atom stereocenters. The monoisotopic (exact) mass is 493 g/mol. The second-order valence-corrected chi connectivity index (χ2v) is 8.15. The van der Waals surface area contributed by atoms with Crippen molar-refractivity contribution in [3.05, 3.63) is 88.5 Å². The van der Waals surface area contributed by atoms with Crippen LogP contribution in [0.5, 0.6) is 17.2 Å². The van der Waals surface area contributed by atoms with Gasteiger partial charge in [0.25, 0.3) is 11.7 Å². The van der Waals surface area contributed by atoms with Gasteiger partial charge in [0.15, 0.2) is 11.5 Å². The highest BCUT2D eigenvalue weighted by molar-refractivity contribution is 6.51. The van der Waals surface area contributed by atoms with Crippen molar-refractivity contribution >= 4 is 34.7 Å². The Kier molecular flexibility index (Phi) is 6.98. The molecule has 0 aliphatic carbocycles. The van der Waals surface area contributed by atoms with Gasteiger partial charge in [-0.05, 0) is 67.1 Å². The topological polar surface area (TPSA) is 85.3 Å². The van der Waals surface area contributed by atoms with Crippen LogP contribution in [0.3, 0.4) is 0 Å². The van der Waals surface area contributed by atoms with Gasteiger partial charge in [-0.15, -0.1) is 0 Å². The molecule has 1 saturated heterocycles. The molecular weight excluding hydrogens is 470 g/mol. The lowest BCUT2D eigenvalue weighted by atomic mass is 9.95. The van der Waals surface area contributed by atoms with Crippen LogP contribution < -0.4 is 19.1 Å². The van der Waals surface area contributed by atoms with Crippen molar-refractivity contribution in [2.75, 3.05) is 25.7 Å². The molecule has 0 spiro atoms. The van der Waals surface area contributed by atoms with Gasteiger partial charge in [-0.25, -0.2) is 0 Å². The number of rotatable bonds is 7. The molecule has 1 fully saturated rings. The molecule has 35 heavy (non-hydrogen) atoms. The van der Waals surface area contributed by atoms with Gasteiger partial charge in [-0.2, -0.15) is 0 Å². The fraction of sp³-hybridized carbons (Fsp3) is 0.185. The average molecular weight is 494 g/mol. The summed E-state index contributed by atoms with van der Waals surface area (Å²) in [5, 5.41) is 11.8. The smallest absolute Gasteiger partial charge is 0.300 e. The summed E-state index contributed by atoms with van der Waals surface area (Å²) in [6.07, 6.45) is 0. The van der Waals surface area contributed by atoms with Gasteiger partial charge in [-0.1, -0.05) is 23.7 Å². The number of ketones is 1. The number of amides is 1. The van der Waals surface area contributed by atoms with Crippen molar-refractivity contribution in [2.45, 2.75) is 13.0 Å². The number of methoxy groups -OCH3 is 2. The molecule has 1 N–H and O–H groups in total. The Balaban J connectivity index is 1.89. The summed E-state index contributed by atoms with van der Waals surface area (Å²) in [6, 6.07) is 17.5. The number of anilines is 1. The molecule has 0 saturated carbocycles. The number of aliphatic hydroxyl groups is 1. The maximum Gasteiger partial charge on any atom is 0.300 e. The van der Waals surface area contributed by atoms with Crippen LogP contribution >= 0.6 is 11.6 Å². The molecule has 4 rings (SSSR count). The Morgan fingerprint density at radius 1 is 0.943 bits per heavy atom. The van der Waals surface area contributed by atoms with Crippen molar-refractivity contribution in [1.82, 2.24) is 0 Å². The van der Waals surface area contributed by atoms with Gasteiger partial charge < -0.3 is 19.3 Å². The van der Waals surface area contributed by atoms with Crippen LogP contribution in [0.25, 0.3) is 5.76 Å². The van der Waals surface area contributed by atoms with E-state index < -0.39 is 17.7 Å². The Labute approximate surface area is 208 Å². The minimum Gasteiger partial charge on any atom is -0.507 e. The van der Waals surface area contributed by atoms with Gasteiger partial charge in [-0.3, -0.25) is 14.5 Å². The first-order valence-corrected chi connectivity index (χ1v) is 11.3. The number of hydrogen-bond acceptors (Lipinski definition) is 6. The standard InChI is InChI=1S/C27H24ClNO6/c1-4-35-20-12-10-19(11-13-20)29-24(16-5-8-18(28)9-6-16)23(26(31)27(29)32)25(30)17-7-14-21(33-2)22(15-17)34-3/h5-15,24,30H,4H2,1-3H3/b25-23-. The molecule has 0 aromatic heterocycles. The van der Waals surface area contributed by atoms with E-state index >= 15 is 0 Å². The molecule has 0 radical (unpaired) electrons. The summed E-state index contributed by atoms with van der Waals surface area (Å²) in [5.41, 5.74) is 1.37. The zero-order valence-corrected chi connectivity index (χ0v) is 20.2. The number of ether oxygens (including phenoxy) is 3.